The lowest BCUT2D eigenvalue weighted by Crippen LogP contribution is -2.50. The van der Waals surface area contributed by atoms with Crippen LogP contribution in [0.25, 0.3) is 0 Å². The van der Waals surface area contributed by atoms with E-state index in [0.717, 1.165) is 31.7 Å². The van der Waals surface area contributed by atoms with Crippen LogP contribution in [0.3, 0.4) is 0 Å². The Kier molecular flexibility index (Phi) is 4.83. The van der Waals surface area contributed by atoms with Crippen molar-refractivity contribution in [1.82, 2.24) is 19.7 Å². The number of pyridine rings is 1. The molecule has 0 aromatic carbocycles. The van der Waals surface area contributed by atoms with Crippen LogP contribution in [0.1, 0.15) is 22.3 Å². The molecule has 0 spiro atoms. The van der Waals surface area contributed by atoms with Gasteiger partial charge in [-0.25, -0.2) is 8.78 Å². The zero-order chi connectivity index (χ0) is 17.3. The molecular formula is C17H24F2N4O. The third-order valence-corrected chi connectivity index (χ3v) is 4.97. The molecule has 0 unspecified atom stereocenters. The summed E-state index contributed by atoms with van der Waals surface area (Å²) in [6.07, 6.45) is 2.82. The Morgan fingerprint density at radius 1 is 1.33 bits per heavy atom. The molecule has 1 aromatic heterocycles. The van der Waals surface area contributed by atoms with Crippen LogP contribution in [0, 0.1) is 6.92 Å². The summed E-state index contributed by atoms with van der Waals surface area (Å²) in [5.74, 6) is -3.15. The van der Waals surface area contributed by atoms with E-state index in [4.69, 9.17) is 0 Å². The highest BCUT2D eigenvalue weighted by atomic mass is 19.3. The number of halogens is 2. The minimum absolute atomic E-state index is 0.260. The van der Waals surface area contributed by atoms with Crippen LogP contribution in [0.2, 0.25) is 0 Å². The first-order chi connectivity index (χ1) is 11.4. The maximum absolute atomic E-state index is 14.0. The van der Waals surface area contributed by atoms with Gasteiger partial charge >= 0.3 is 0 Å². The van der Waals surface area contributed by atoms with Crippen molar-refractivity contribution in [3.63, 3.8) is 0 Å². The van der Waals surface area contributed by atoms with Crippen molar-refractivity contribution < 1.29 is 13.6 Å². The fourth-order valence-corrected chi connectivity index (χ4v) is 3.47. The number of alkyl halides is 2. The summed E-state index contributed by atoms with van der Waals surface area (Å²) < 4.78 is 28.0. The lowest BCUT2D eigenvalue weighted by molar-refractivity contribution is 0.0116. The summed E-state index contributed by atoms with van der Waals surface area (Å²) in [7, 11) is 2.06. The molecule has 3 heterocycles. The van der Waals surface area contributed by atoms with Crippen molar-refractivity contribution >= 4 is 5.91 Å². The van der Waals surface area contributed by atoms with Gasteiger partial charge in [0.05, 0.1) is 18.2 Å². The molecule has 0 radical (unpaired) electrons. The van der Waals surface area contributed by atoms with Gasteiger partial charge in [0.25, 0.3) is 11.8 Å². The van der Waals surface area contributed by atoms with E-state index in [-0.39, 0.29) is 12.3 Å². The zero-order valence-electron chi connectivity index (χ0n) is 14.2. The van der Waals surface area contributed by atoms with Crippen LogP contribution in [0.4, 0.5) is 8.78 Å². The first kappa shape index (κ1) is 17.2. The molecule has 3 rings (SSSR count). The average Bonchev–Trinajstić information content (AvgIpc) is 2.84. The zero-order valence-corrected chi connectivity index (χ0v) is 14.2. The summed E-state index contributed by atoms with van der Waals surface area (Å²) in [4.78, 5) is 22.5. The Morgan fingerprint density at radius 3 is 2.71 bits per heavy atom. The quantitative estimate of drug-likeness (QED) is 0.837. The summed E-state index contributed by atoms with van der Waals surface area (Å²) in [6, 6.07) is 1.28. The topological polar surface area (TPSA) is 39.7 Å². The normalized spacial score (nSPS) is 25.2. The van der Waals surface area contributed by atoms with Crippen molar-refractivity contribution in [2.75, 3.05) is 46.3 Å². The highest BCUT2D eigenvalue weighted by Crippen LogP contribution is 2.33. The highest BCUT2D eigenvalue weighted by molar-refractivity contribution is 5.95. The van der Waals surface area contributed by atoms with Gasteiger partial charge in [0.1, 0.15) is 0 Å². The van der Waals surface area contributed by atoms with E-state index in [0.29, 0.717) is 12.1 Å². The molecule has 0 aliphatic carbocycles. The number of likely N-dealkylation sites (tertiary alicyclic amines) is 1. The number of hydrogen-bond donors (Lipinski definition) is 0. The Hall–Kier alpha value is -1.60. The van der Waals surface area contributed by atoms with Crippen molar-refractivity contribution in [2.45, 2.75) is 25.3 Å². The van der Waals surface area contributed by atoms with Crippen LogP contribution < -0.4 is 0 Å². The number of likely N-dealkylation sites (N-methyl/N-ethyl adjacent to an activating group) is 1. The molecule has 24 heavy (non-hydrogen) atoms. The molecule has 2 saturated heterocycles. The maximum atomic E-state index is 14.0. The third-order valence-electron chi connectivity index (χ3n) is 4.97. The van der Waals surface area contributed by atoms with Gasteiger partial charge in [0.15, 0.2) is 0 Å². The Bertz CT molecular complexity index is 602. The number of aryl methyl sites for hydroxylation is 1. The molecule has 1 amide bonds. The Labute approximate surface area is 141 Å². The summed E-state index contributed by atoms with van der Waals surface area (Å²) in [6.45, 7) is 5.38. The minimum Gasteiger partial charge on any atom is -0.328 e. The van der Waals surface area contributed by atoms with Crippen LogP contribution in [0.15, 0.2) is 18.5 Å². The second-order valence-electron chi connectivity index (χ2n) is 6.94. The second-order valence-corrected chi connectivity index (χ2v) is 6.94. The predicted octanol–water partition coefficient (Wildman–Crippen LogP) is 1.49. The molecule has 2 aliphatic rings. The number of piperazine rings is 1. The number of carbonyl (C=O) groups excluding carboxylic acids is 1. The monoisotopic (exact) mass is 338 g/mol. The SMILES string of the molecule is Cc1ccncc1C(=O)N1CC(F)(F)C[C@H]1CN1CCN(C)CC1. The summed E-state index contributed by atoms with van der Waals surface area (Å²) >= 11 is 0. The van der Waals surface area contributed by atoms with Gasteiger partial charge in [0.2, 0.25) is 0 Å². The van der Waals surface area contributed by atoms with Crippen molar-refractivity contribution in [2.24, 2.45) is 0 Å². The van der Waals surface area contributed by atoms with Crippen molar-refractivity contribution in [3.8, 4) is 0 Å². The average molecular weight is 338 g/mol. The molecule has 2 fully saturated rings. The van der Waals surface area contributed by atoms with Gasteiger partial charge in [0, 0.05) is 51.5 Å². The van der Waals surface area contributed by atoms with E-state index in [1.165, 1.54) is 11.1 Å². The fourth-order valence-electron chi connectivity index (χ4n) is 3.47. The number of rotatable bonds is 3. The lowest BCUT2D eigenvalue weighted by Gasteiger charge is -2.35. The van der Waals surface area contributed by atoms with Crippen LogP contribution in [-0.2, 0) is 0 Å². The molecule has 5 nitrogen and oxygen atoms in total. The van der Waals surface area contributed by atoms with Gasteiger partial charge in [-0.05, 0) is 25.6 Å². The number of hydrogen-bond acceptors (Lipinski definition) is 4. The lowest BCUT2D eigenvalue weighted by atomic mass is 10.1. The molecule has 7 heteroatoms. The molecule has 2 aliphatic heterocycles. The molecule has 1 atom stereocenters. The molecule has 0 N–H and O–H groups in total. The molecule has 1 aromatic rings. The number of nitrogens with zero attached hydrogens (tertiary/aromatic N) is 4. The Balaban J connectivity index is 1.74. The highest BCUT2D eigenvalue weighted by Gasteiger charge is 2.47. The van der Waals surface area contributed by atoms with E-state index in [2.05, 4.69) is 21.8 Å². The van der Waals surface area contributed by atoms with E-state index in [1.807, 2.05) is 0 Å². The summed E-state index contributed by atoms with van der Waals surface area (Å²) in [5.41, 5.74) is 1.18. The number of carbonyl (C=O) groups is 1. The van der Waals surface area contributed by atoms with E-state index in [1.54, 1.807) is 19.2 Å². The molecule has 0 saturated carbocycles. The second kappa shape index (κ2) is 6.72. The first-order valence-corrected chi connectivity index (χ1v) is 8.36. The van der Waals surface area contributed by atoms with Crippen LogP contribution in [-0.4, -0.2) is 83.9 Å². The number of aromatic nitrogens is 1. The first-order valence-electron chi connectivity index (χ1n) is 8.36. The fraction of sp³-hybridized carbons (Fsp3) is 0.647. The van der Waals surface area contributed by atoms with Gasteiger partial charge < -0.3 is 9.80 Å². The molecular weight excluding hydrogens is 314 g/mol. The van der Waals surface area contributed by atoms with Crippen LogP contribution >= 0.6 is 0 Å². The van der Waals surface area contributed by atoms with Gasteiger partial charge in [-0.15, -0.1) is 0 Å². The van der Waals surface area contributed by atoms with Crippen LogP contribution in [0.5, 0.6) is 0 Å². The van der Waals surface area contributed by atoms with Gasteiger partial charge in [-0.3, -0.25) is 14.7 Å². The van der Waals surface area contributed by atoms with E-state index in [9.17, 15) is 13.6 Å². The molecule has 132 valence electrons. The third kappa shape index (κ3) is 3.72. The molecule has 0 bridgehead atoms. The van der Waals surface area contributed by atoms with E-state index < -0.39 is 18.5 Å². The van der Waals surface area contributed by atoms with E-state index >= 15 is 0 Å². The minimum atomic E-state index is -2.82. The standard InChI is InChI=1S/C17H24F2N4O/c1-13-3-4-20-10-15(13)16(24)23-12-17(18,19)9-14(23)11-22-7-5-21(2)6-8-22/h3-4,10,14H,5-9,11-12H2,1-2H3/t14-/m0/s1. The maximum Gasteiger partial charge on any atom is 0.267 e. The number of amides is 1. The van der Waals surface area contributed by atoms with Crippen molar-refractivity contribution in [3.05, 3.63) is 29.6 Å². The van der Waals surface area contributed by atoms with Gasteiger partial charge in [-0.1, -0.05) is 0 Å². The largest absolute Gasteiger partial charge is 0.328 e. The predicted molar refractivity (Wildman–Crippen MR) is 87.3 cm³/mol. The van der Waals surface area contributed by atoms with Crippen molar-refractivity contribution in [1.29, 1.82) is 0 Å². The van der Waals surface area contributed by atoms with Gasteiger partial charge in [-0.2, -0.15) is 0 Å². The Morgan fingerprint density at radius 2 is 2.04 bits per heavy atom. The summed E-state index contributed by atoms with van der Waals surface area (Å²) in [5, 5.41) is 0. The smallest absolute Gasteiger partial charge is 0.267 e.